The van der Waals surface area contributed by atoms with Crippen molar-refractivity contribution in [3.8, 4) is 6.07 Å². The van der Waals surface area contributed by atoms with Gasteiger partial charge in [0, 0.05) is 25.7 Å². The Kier molecular flexibility index (Phi) is 2.93. The molecule has 3 unspecified atom stereocenters. The fourth-order valence-corrected chi connectivity index (χ4v) is 3.56. The summed E-state index contributed by atoms with van der Waals surface area (Å²) >= 11 is 6.11. The van der Waals surface area contributed by atoms with Crippen LogP contribution in [0.25, 0.3) is 0 Å². The van der Waals surface area contributed by atoms with Gasteiger partial charge >= 0.3 is 0 Å². The third-order valence-corrected chi connectivity index (χ3v) is 4.66. The summed E-state index contributed by atoms with van der Waals surface area (Å²) in [5.74, 6) is 1.39. The minimum atomic E-state index is 0.468. The molecule has 2 aliphatic rings. The summed E-state index contributed by atoms with van der Waals surface area (Å²) < 4.78 is 0. The number of fused-ring (bicyclic) bond motifs is 1. The number of hydrogen-bond acceptors (Lipinski definition) is 3. The maximum atomic E-state index is 9.28. The average molecular weight is 262 g/mol. The molecule has 3 nitrogen and oxygen atoms in total. The van der Waals surface area contributed by atoms with E-state index in [1.54, 1.807) is 6.07 Å². The minimum absolute atomic E-state index is 0.468. The van der Waals surface area contributed by atoms with E-state index in [-0.39, 0.29) is 0 Å². The zero-order valence-corrected chi connectivity index (χ0v) is 11.1. The van der Waals surface area contributed by atoms with E-state index >= 15 is 0 Å². The second kappa shape index (κ2) is 4.46. The van der Waals surface area contributed by atoms with E-state index in [2.05, 4.69) is 23.2 Å². The Morgan fingerprint density at radius 3 is 3.00 bits per heavy atom. The highest BCUT2D eigenvalue weighted by Gasteiger charge is 2.42. The van der Waals surface area contributed by atoms with E-state index in [9.17, 15) is 5.26 Å². The largest absolute Gasteiger partial charge is 0.367 e. The Labute approximate surface area is 112 Å². The SMILES string of the molecule is CC1C2CNCC2CN1c1cccc(Cl)c1C#N. The first-order chi connectivity index (χ1) is 8.72. The Morgan fingerprint density at radius 1 is 1.44 bits per heavy atom. The van der Waals surface area contributed by atoms with Crippen LogP contribution in [-0.2, 0) is 0 Å². The Morgan fingerprint density at radius 2 is 2.28 bits per heavy atom. The number of nitrogens with one attached hydrogen (secondary N) is 1. The molecule has 4 heteroatoms. The third-order valence-electron chi connectivity index (χ3n) is 4.35. The lowest BCUT2D eigenvalue weighted by molar-refractivity contribution is 0.471. The zero-order chi connectivity index (χ0) is 12.7. The van der Waals surface area contributed by atoms with Crippen LogP contribution >= 0.6 is 11.6 Å². The van der Waals surface area contributed by atoms with Crippen LogP contribution < -0.4 is 10.2 Å². The molecule has 1 aromatic rings. The molecule has 18 heavy (non-hydrogen) atoms. The molecule has 1 aromatic carbocycles. The van der Waals surface area contributed by atoms with Crippen LogP contribution in [0.15, 0.2) is 18.2 Å². The second-order valence-electron chi connectivity index (χ2n) is 5.22. The lowest BCUT2D eigenvalue weighted by atomic mass is 9.95. The van der Waals surface area contributed by atoms with Crippen molar-refractivity contribution in [2.45, 2.75) is 13.0 Å². The molecule has 2 heterocycles. The van der Waals surface area contributed by atoms with Crippen molar-refractivity contribution >= 4 is 17.3 Å². The van der Waals surface area contributed by atoms with Gasteiger partial charge in [0.1, 0.15) is 6.07 Å². The van der Waals surface area contributed by atoms with Crippen LogP contribution in [0, 0.1) is 23.2 Å². The van der Waals surface area contributed by atoms with Crippen LogP contribution in [0.1, 0.15) is 12.5 Å². The van der Waals surface area contributed by atoms with Crippen molar-refractivity contribution < 1.29 is 0 Å². The summed E-state index contributed by atoms with van der Waals surface area (Å²) in [5, 5.41) is 13.3. The lowest BCUT2D eigenvalue weighted by Gasteiger charge is -2.27. The average Bonchev–Trinajstić information content (AvgIpc) is 2.92. The van der Waals surface area contributed by atoms with E-state index in [4.69, 9.17) is 11.6 Å². The van der Waals surface area contributed by atoms with Crippen molar-refractivity contribution in [2.24, 2.45) is 11.8 Å². The van der Waals surface area contributed by atoms with Crippen molar-refractivity contribution in [3.05, 3.63) is 28.8 Å². The molecule has 0 bridgehead atoms. The van der Waals surface area contributed by atoms with Gasteiger partial charge in [0.2, 0.25) is 0 Å². The summed E-state index contributed by atoms with van der Waals surface area (Å²) in [5.41, 5.74) is 1.60. The Hall–Kier alpha value is -1.24. The Bertz CT molecular complexity index is 508. The zero-order valence-electron chi connectivity index (χ0n) is 10.4. The monoisotopic (exact) mass is 261 g/mol. The molecule has 2 saturated heterocycles. The highest BCUT2D eigenvalue weighted by Crippen LogP contribution is 2.38. The smallest absolute Gasteiger partial charge is 0.103 e. The summed E-state index contributed by atoms with van der Waals surface area (Å²) in [6, 6.07) is 8.43. The number of hydrogen-bond donors (Lipinski definition) is 1. The summed E-state index contributed by atoms with van der Waals surface area (Å²) in [4.78, 5) is 2.35. The summed E-state index contributed by atoms with van der Waals surface area (Å²) in [7, 11) is 0. The van der Waals surface area contributed by atoms with Crippen molar-refractivity contribution in [2.75, 3.05) is 24.5 Å². The molecular formula is C14H16ClN3. The van der Waals surface area contributed by atoms with Gasteiger partial charge in [-0.25, -0.2) is 0 Å². The fraction of sp³-hybridized carbons (Fsp3) is 0.500. The molecule has 3 rings (SSSR count). The fourth-order valence-electron chi connectivity index (χ4n) is 3.35. The Balaban J connectivity index is 1.97. The van der Waals surface area contributed by atoms with Crippen molar-refractivity contribution in [1.82, 2.24) is 5.32 Å². The summed E-state index contributed by atoms with van der Waals surface area (Å²) in [6.07, 6.45) is 0. The topological polar surface area (TPSA) is 39.1 Å². The molecule has 1 N–H and O–H groups in total. The first-order valence-electron chi connectivity index (χ1n) is 6.38. The van der Waals surface area contributed by atoms with Gasteiger partial charge in [0.25, 0.3) is 0 Å². The van der Waals surface area contributed by atoms with Crippen LogP contribution in [0.3, 0.4) is 0 Å². The lowest BCUT2D eigenvalue weighted by Crippen LogP contribution is -2.33. The van der Waals surface area contributed by atoms with E-state index in [1.807, 2.05) is 12.1 Å². The van der Waals surface area contributed by atoms with E-state index < -0.39 is 0 Å². The maximum absolute atomic E-state index is 9.28. The predicted octanol–water partition coefficient (Wildman–Crippen LogP) is 2.26. The first-order valence-corrected chi connectivity index (χ1v) is 6.76. The number of rotatable bonds is 1. The second-order valence-corrected chi connectivity index (χ2v) is 5.63. The molecule has 3 atom stereocenters. The molecule has 94 valence electrons. The molecule has 2 aliphatic heterocycles. The quantitative estimate of drug-likeness (QED) is 0.843. The molecule has 0 spiro atoms. The van der Waals surface area contributed by atoms with Crippen LogP contribution in [0.2, 0.25) is 5.02 Å². The molecule has 0 radical (unpaired) electrons. The van der Waals surface area contributed by atoms with Gasteiger partial charge in [-0.3, -0.25) is 0 Å². The van der Waals surface area contributed by atoms with Gasteiger partial charge in [0.15, 0.2) is 0 Å². The molecule has 0 aromatic heterocycles. The molecule has 0 saturated carbocycles. The number of benzene rings is 1. The van der Waals surface area contributed by atoms with Crippen molar-refractivity contribution in [3.63, 3.8) is 0 Å². The van der Waals surface area contributed by atoms with Gasteiger partial charge in [-0.1, -0.05) is 17.7 Å². The van der Waals surface area contributed by atoms with E-state index in [1.165, 1.54) is 0 Å². The van der Waals surface area contributed by atoms with Gasteiger partial charge in [-0.2, -0.15) is 5.26 Å². The number of nitriles is 1. The van der Waals surface area contributed by atoms with Gasteiger partial charge < -0.3 is 10.2 Å². The van der Waals surface area contributed by atoms with Crippen LogP contribution in [-0.4, -0.2) is 25.7 Å². The van der Waals surface area contributed by atoms with Crippen LogP contribution in [0.5, 0.6) is 0 Å². The first kappa shape index (κ1) is 11.8. The van der Waals surface area contributed by atoms with Gasteiger partial charge in [-0.05, 0) is 30.9 Å². The predicted molar refractivity (Wildman–Crippen MR) is 72.8 cm³/mol. The van der Waals surface area contributed by atoms with Gasteiger partial charge in [-0.15, -0.1) is 0 Å². The van der Waals surface area contributed by atoms with Crippen molar-refractivity contribution in [1.29, 1.82) is 5.26 Å². The van der Waals surface area contributed by atoms with Crippen LogP contribution in [0.4, 0.5) is 5.69 Å². The summed E-state index contributed by atoms with van der Waals surface area (Å²) in [6.45, 7) is 5.45. The molecule has 0 amide bonds. The number of halogens is 1. The standard InChI is InChI=1S/C14H16ClN3/c1-9-12-7-17-6-10(12)8-18(9)14-4-2-3-13(15)11(14)5-16/h2-4,9-10,12,17H,6-8H2,1H3. The number of nitrogens with zero attached hydrogens (tertiary/aromatic N) is 2. The minimum Gasteiger partial charge on any atom is -0.367 e. The van der Waals surface area contributed by atoms with Gasteiger partial charge in [0.05, 0.1) is 16.3 Å². The highest BCUT2D eigenvalue weighted by molar-refractivity contribution is 6.32. The molecule has 2 fully saturated rings. The maximum Gasteiger partial charge on any atom is 0.103 e. The van der Waals surface area contributed by atoms with E-state index in [0.717, 1.165) is 25.3 Å². The normalized spacial score (nSPS) is 30.3. The third kappa shape index (κ3) is 1.68. The molecular weight excluding hydrogens is 246 g/mol. The van der Waals surface area contributed by atoms with E-state index in [0.29, 0.717) is 28.5 Å². The number of anilines is 1. The highest BCUT2D eigenvalue weighted by atomic mass is 35.5. The molecule has 0 aliphatic carbocycles.